The second-order valence-corrected chi connectivity index (χ2v) is 4.50. The molecule has 2 aromatic rings. The molecule has 0 fully saturated rings. The Bertz CT molecular complexity index is 585. The molecule has 0 saturated heterocycles. The van der Waals surface area contributed by atoms with Gasteiger partial charge >= 0.3 is 6.03 Å². The maximum absolute atomic E-state index is 12.1. The molecule has 5 nitrogen and oxygen atoms in total. The van der Waals surface area contributed by atoms with Crippen LogP contribution in [-0.2, 0) is 0 Å². The highest BCUT2D eigenvalue weighted by Gasteiger charge is 2.11. The van der Waals surface area contributed by atoms with Crippen molar-refractivity contribution in [2.24, 2.45) is 0 Å². The first-order valence-corrected chi connectivity index (χ1v) is 6.30. The Balaban J connectivity index is 2.10. The topological polar surface area (TPSA) is 65.5 Å². The van der Waals surface area contributed by atoms with Crippen LogP contribution in [0.1, 0.15) is 18.6 Å². The van der Waals surface area contributed by atoms with Crippen LogP contribution in [0.25, 0.3) is 0 Å². The lowest BCUT2D eigenvalue weighted by Crippen LogP contribution is -2.31. The number of aromatic nitrogens is 1. The Kier molecular flexibility index (Phi) is 4.32. The Morgan fingerprint density at radius 2 is 2.15 bits per heavy atom. The molecule has 0 saturated carbocycles. The van der Waals surface area contributed by atoms with Gasteiger partial charge in [-0.1, -0.05) is 12.1 Å². The van der Waals surface area contributed by atoms with Gasteiger partial charge in [-0.15, -0.1) is 0 Å². The van der Waals surface area contributed by atoms with Gasteiger partial charge in [-0.05, 0) is 36.8 Å². The lowest BCUT2D eigenvalue weighted by molar-refractivity contribution is 0.199. The number of hydrogen-bond donors (Lipinski definition) is 2. The van der Waals surface area contributed by atoms with Crippen LogP contribution in [0.4, 0.5) is 16.2 Å². The Morgan fingerprint density at radius 3 is 2.80 bits per heavy atom. The smallest absolute Gasteiger partial charge is 0.326 e. The predicted molar refractivity (Wildman–Crippen MR) is 78.7 cm³/mol. The third-order valence-electron chi connectivity index (χ3n) is 2.96. The number of amides is 2. The molecular formula is C15H17N3O2. The highest BCUT2D eigenvalue weighted by molar-refractivity contribution is 6.01. The van der Waals surface area contributed by atoms with E-state index in [1.807, 2.05) is 6.07 Å². The van der Waals surface area contributed by atoms with Gasteiger partial charge in [0.15, 0.2) is 0 Å². The summed E-state index contributed by atoms with van der Waals surface area (Å²) in [5.74, 6) is 0. The molecule has 1 heterocycles. The van der Waals surface area contributed by atoms with Crippen molar-refractivity contribution in [3.63, 3.8) is 0 Å². The van der Waals surface area contributed by atoms with E-state index in [-0.39, 0.29) is 6.03 Å². The van der Waals surface area contributed by atoms with Crippen LogP contribution in [0.3, 0.4) is 0 Å². The molecule has 0 spiro atoms. The first-order chi connectivity index (χ1) is 9.58. The average molecular weight is 271 g/mol. The van der Waals surface area contributed by atoms with Crippen molar-refractivity contribution in [1.82, 2.24) is 4.98 Å². The van der Waals surface area contributed by atoms with Crippen molar-refractivity contribution in [2.45, 2.75) is 13.0 Å². The molecule has 1 atom stereocenters. The van der Waals surface area contributed by atoms with Crippen molar-refractivity contribution < 1.29 is 9.90 Å². The number of pyridine rings is 1. The fraction of sp³-hybridized carbons (Fsp3) is 0.200. The molecule has 0 aliphatic heterocycles. The number of rotatable bonds is 3. The van der Waals surface area contributed by atoms with Crippen molar-refractivity contribution in [2.75, 3.05) is 17.3 Å². The molecule has 20 heavy (non-hydrogen) atoms. The van der Waals surface area contributed by atoms with Crippen LogP contribution < -0.4 is 10.2 Å². The standard InChI is InChI=1S/C15H17N3O2/c1-11(19)12-5-3-6-13(9-12)17-15(20)18(2)14-7-4-8-16-10-14/h3-11,19H,1-2H3,(H,17,20). The second kappa shape index (κ2) is 6.16. The zero-order valence-electron chi connectivity index (χ0n) is 11.4. The van der Waals surface area contributed by atoms with E-state index in [1.165, 1.54) is 4.90 Å². The fourth-order valence-corrected chi connectivity index (χ4v) is 1.75. The van der Waals surface area contributed by atoms with Gasteiger partial charge in [0.2, 0.25) is 0 Å². The maximum Gasteiger partial charge on any atom is 0.326 e. The summed E-state index contributed by atoms with van der Waals surface area (Å²) in [6.45, 7) is 1.68. The molecule has 5 heteroatoms. The Morgan fingerprint density at radius 1 is 1.35 bits per heavy atom. The molecule has 0 aliphatic carbocycles. The fourth-order valence-electron chi connectivity index (χ4n) is 1.75. The van der Waals surface area contributed by atoms with E-state index in [4.69, 9.17) is 0 Å². The van der Waals surface area contributed by atoms with Crippen LogP contribution in [-0.4, -0.2) is 23.2 Å². The lowest BCUT2D eigenvalue weighted by Gasteiger charge is -2.18. The average Bonchev–Trinajstić information content (AvgIpc) is 2.47. The second-order valence-electron chi connectivity index (χ2n) is 4.50. The van der Waals surface area contributed by atoms with Gasteiger partial charge in [-0.25, -0.2) is 4.79 Å². The van der Waals surface area contributed by atoms with Crippen molar-refractivity contribution in [3.05, 3.63) is 54.4 Å². The van der Waals surface area contributed by atoms with Gasteiger partial charge in [0.05, 0.1) is 18.0 Å². The predicted octanol–water partition coefficient (Wildman–Crippen LogP) is 2.80. The number of urea groups is 1. The number of nitrogens with one attached hydrogen (secondary N) is 1. The van der Waals surface area contributed by atoms with Crippen LogP contribution in [0.15, 0.2) is 48.8 Å². The summed E-state index contributed by atoms with van der Waals surface area (Å²) in [5, 5.41) is 12.3. The maximum atomic E-state index is 12.1. The summed E-state index contributed by atoms with van der Waals surface area (Å²) in [6.07, 6.45) is 2.70. The Hall–Kier alpha value is -2.40. The summed E-state index contributed by atoms with van der Waals surface area (Å²) in [6, 6.07) is 10.4. The molecule has 0 bridgehead atoms. The minimum atomic E-state index is -0.567. The lowest BCUT2D eigenvalue weighted by atomic mass is 10.1. The highest BCUT2D eigenvalue weighted by Crippen LogP contribution is 2.18. The van der Waals surface area contributed by atoms with E-state index in [0.29, 0.717) is 11.4 Å². The number of nitrogens with zero attached hydrogens (tertiary/aromatic N) is 2. The zero-order valence-corrected chi connectivity index (χ0v) is 11.4. The minimum Gasteiger partial charge on any atom is -0.389 e. The van der Waals surface area contributed by atoms with Gasteiger partial charge in [0, 0.05) is 18.9 Å². The minimum absolute atomic E-state index is 0.263. The van der Waals surface area contributed by atoms with E-state index in [9.17, 15) is 9.90 Å². The van der Waals surface area contributed by atoms with Crippen LogP contribution in [0, 0.1) is 0 Å². The number of hydrogen-bond acceptors (Lipinski definition) is 3. The number of carbonyl (C=O) groups excluding carboxylic acids is 1. The van der Waals surface area contributed by atoms with E-state index in [0.717, 1.165) is 5.56 Å². The molecular weight excluding hydrogens is 254 g/mol. The summed E-state index contributed by atoms with van der Waals surface area (Å²) >= 11 is 0. The monoisotopic (exact) mass is 271 g/mol. The van der Waals surface area contributed by atoms with Gasteiger partial charge in [0.25, 0.3) is 0 Å². The van der Waals surface area contributed by atoms with Gasteiger partial charge in [0.1, 0.15) is 0 Å². The molecule has 1 aromatic heterocycles. The number of anilines is 2. The summed E-state index contributed by atoms with van der Waals surface area (Å²) in [4.78, 5) is 17.6. The van der Waals surface area contributed by atoms with Crippen molar-refractivity contribution in [1.29, 1.82) is 0 Å². The van der Waals surface area contributed by atoms with Crippen molar-refractivity contribution >= 4 is 17.4 Å². The van der Waals surface area contributed by atoms with E-state index < -0.39 is 6.10 Å². The summed E-state index contributed by atoms with van der Waals surface area (Å²) in [7, 11) is 1.67. The van der Waals surface area contributed by atoms with Gasteiger partial charge in [-0.3, -0.25) is 9.88 Å². The number of carbonyl (C=O) groups is 1. The molecule has 104 valence electrons. The molecule has 2 rings (SSSR count). The van der Waals surface area contributed by atoms with Gasteiger partial charge < -0.3 is 10.4 Å². The molecule has 2 N–H and O–H groups in total. The molecule has 2 amide bonds. The third kappa shape index (κ3) is 3.33. The summed E-state index contributed by atoms with van der Waals surface area (Å²) < 4.78 is 0. The molecule has 1 unspecified atom stereocenters. The molecule has 0 radical (unpaired) electrons. The number of aliphatic hydroxyl groups excluding tert-OH is 1. The van der Waals surface area contributed by atoms with Crippen LogP contribution >= 0.6 is 0 Å². The van der Waals surface area contributed by atoms with E-state index in [2.05, 4.69) is 10.3 Å². The summed E-state index contributed by atoms with van der Waals surface area (Å²) in [5.41, 5.74) is 2.10. The Labute approximate surface area is 117 Å². The largest absolute Gasteiger partial charge is 0.389 e. The highest BCUT2D eigenvalue weighted by atomic mass is 16.3. The van der Waals surface area contributed by atoms with Crippen LogP contribution in [0.2, 0.25) is 0 Å². The van der Waals surface area contributed by atoms with E-state index in [1.54, 1.807) is 56.7 Å². The molecule has 1 aromatic carbocycles. The third-order valence-corrected chi connectivity index (χ3v) is 2.96. The number of aliphatic hydroxyl groups is 1. The van der Waals surface area contributed by atoms with Crippen molar-refractivity contribution in [3.8, 4) is 0 Å². The first-order valence-electron chi connectivity index (χ1n) is 6.30. The SMILES string of the molecule is CC(O)c1cccc(NC(=O)N(C)c2cccnc2)c1. The van der Waals surface area contributed by atoms with Crippen LogP contribution in [0.5, 0.6) is 0 Å². The zero-order chi connectivity index (χ0) is 14.5. The normalized spacial score (nSPS) is 11.8. The van der Waals surface area contributed by atoms with Gasteiger partial charge in [-0.2, -0.15) is 0 Å². The number of benzene rings is 1. The van der Waals surface area contributed by atoms with E-state index >= 15 is 0 Å². The first kappa shape index (κ1) is 14.0. The molecule has 0 aliphatic rings. The quantitative estimate of drug-likeness (QED) is 0.902.